The molecule has 4 atom stereocenters. The van der Waals surface area contributed by atoms with E-state index in [9.17, 15) is 25.2 Å². The molecule has 1 amide bonds. The molecule has 0 radical (unpaired) electrons. The van der Waals surface area contributed by atoms with Crippen LogP contribution in [-0.2, 0) is 4.79 Å². The van der Waals surface area contributed by atoms with Crippen LogP contribution in [0, 0.1) is 0 Å². The first kappa shape index (κ1) is 47.3. The van der Waals surface area contributed by atoms with Crippen molar-refractivity contribution in [1.82, 2.24) is 5.32 Å². The Balaban J connectivity index is 3.74. The highest BCUT2D eigenvalue weighted by Crippen LogP contribution is 2.14. The number of allylic oxidation sites excluding steroid dienone is 8. The summed E-state index contributed by atoms with van der Waals surface area (Å²) in [6.07, 6.45) is 44.5. The quantitative estimate of drug-likeness (QED) is 0.0332. The van der Waals surface area contributed by atoms with Crippen LogP contribution in [0.4, 0.5) is 0 Å². The highest BCUT2D eigenvalue weighted by molar-refractivity contribution is 5.80. The number of carbonyl (C=O) groups excluding carboxylic acids is 1. The molecule has 0 aliphatic heterocycles. The fraction of sp³-hybridized carbons (Fsp3) is 0.791. The minimum Gasteiger partial charge on any atom is -0.394 e. The van der Waals surface area contributed by atoms with Gasteiger partial charge in [-0.25, -0.2) is 0 Å². The summed E-state index contributed by atoms with van der Waals surface area (Å²) in [5, 5.41) is 43.3. The van der Waals surface area contributed by atoms with Crippen LogP contribution < -0.4 is 5.32 Å². The second-order valence-corrected chi connectivity index (χ2v) is 13.9. The summed E-state index contributed by atoms with van der Waals surface area (Å²) in [7, 11) is 0. The first-order chi connectivity index (χ1) is 24.0. The molecule has 0 fully saturated rings. The second kappa shape index (κ2) is 37.5. The predicted octanol–water partition coefficient (Wildman–Crippen LogP) is 10.3. The van der Waals surface area contributed by atoms with Crippen LogP contribution in [-0.4, -0.2) is 57.3 Å². The lowest BCUT2D eigenvalue weighted by Gasteiger charge is -2.27. The summed E-state index contributed by atoms with van der Waals surface area (Å²) in [5.41, 5.74) is 0. The third kappa shape index (κ3) is 32.0. The van der Waals surface area contributed by atoms with Gasteiger partial charge in [0.2, 0.25) is 5.91 Å². The van der Waals surface area contributed by atoms with Gasteiger partial charge in [0.15, 0.2) is 0 Å². The standard InChI is InChI=1S/C43H79NO5/c1-3-5-7-9-11-13-14-15-16-17-18-19-20-21-22-23-24-25-26-27-29-31-33-35-37-41(47)43(49)44-39(38-45)42(48)40(46)36-34-32-30-28-12-10-8-6-4-2/h6,8,18-19,21-22,28,30,39-42,45-48H,3-5,7,9-17,20,23-27,29,31-38H2,1-2H3,(H,44,49)/b8-6+,19-18-,22-21-,30-28+. The van der Waals surface area contributed by atoms with Gasteiger partial charge in [-0.05, 0) is 77.0 Å². The van der Waals surface area contributed by atoms with Gasteiger partial charge in [-0.3, -0.25) is 4.79 Å². The van der Waals surface area contributed by atoms with Gasteiger partial charge in [-0.15, -0.1) is 0 Å². The molecule has 4 unspecified atom stereocenters. The first-order valence-corrected chi connectivity index (χ1v) is 20.5. The molecule has 0 heterocycles. The number of aliphatic hydroxyl groups is 4. The van der Waals surface area contributed by atoms with Gasteiger partial charge >= 0.3 is 0 Å². The summed E-state index contributed by atoms with van der Waals surface area (Å²) >= 11 is 0. The normalized spacial score (nSPS) is 14.8. The van der Waals surface area contributed by atoms with Gasteiger partial charge in [-0.1, -0.05) is 159 Å². The van der Waals surface area contributed by atoms with Crippen molar-refractivity contribution < 1.29 is 25.2 Å². The number of amides is 1. The van der Waals surface area contributed by atoms with Crippen molar-refractivity contribution in [3.05, 3.63) is 48.6 Å². The first-order valence-electron chi connectivity index (χ1n) is 20.5. The van der Waals surface area contributed by atoms with Gasteiger partial charge < -0.3 is 25.7 Å². The number of hydrogen-bond acceptors (Lipinski definition) is 5. The molecule has 0 rings (SSSR count). The van der Waals surface area contributed by atoms with E-state index in [1.807, 2.05) is 0 Å². The molecule has 286 valence electrons. The summed E-state index contributed by atoms with van der Waals surface area (Å²) in [5.74, 6) is -0.607. The molecule has 6 heteroatoms. The molecule has 0 saturated heterocycles. The molecule has 49 heavy (non-hydrogen) atoms. The van der Waals surface area contributed by atoms with Crippen molar-refractivity contribution >= 4 is 5.91 Å². The summed E-state index contributed by atoms with van der Waals surface area (Å²) in [6.45, 7) is 3.89. The van der Waals surface area contributed by atoms with E-state index in [-0.39, 0.29) is 0 Å². The van der Waals surface area contributed by atoms with E-state index in [1.165, 1.54) is 96.3 Å². The second-order valence-electron chi connectivity index (χ2n) is 13.9. The fourth-order valence-corrected chi connectivity index (χ4v) is 5.99. The zero-order chi connectivity index (χ0) is 36.0. The highest BCUT2D eigenvalue weighted by Gasteiger charge is 2.28. The molecule has 0 aromatic rings. The molecule has 0 saturated carbocycles. The number of unbranched alkanes of at least 4 members (excludes halogenated alkanes) is 19. The summed E-state index contributed by atoms with van der Waals surface area (Å²) in [6, 6.07) is -1.01. The summed E-state index contributed by atoms with van der Waals surface area (Å²) in [4.78, 5) is 12.4. The fourth-order valence-electron chi connectivity index (χ4n) is 5.99. The van der Waals surface area contributed by atoms with Crippen LogP contribution in [0.2, 0.25) is 0 Å². The van der Waals surface area contributed by atoms with E-state index < -0.39 is 36.9 Å². The van der Waals surface area contributed by atoms with Crippen LogP contribution in [0.25, 0.3) is 0 Å². The monoisotopic (exact) mass is 690 g/mol. The highest BCUT2D eigenvalue weighted by atomic mass is 16.3. The van der Waals surface area contributed by atoms with Crippen molar-refractivity contribution in [2.24, 2.45) is 0 Å². The van der Waals surface area contributed by atoms with Crippen molar-refractivity contribution in [3.8, 4) is 0 Å². The minimum atomic E-state index is -1.29. The van der Waals surface area contributed by atoms with E-state index >= 15 is 0 Å². The van der Waals surface area contributed by atoms with Crippen LogP contribution >= 0.6 is 0 Å². The topological polar surface area (TPSA) is 110 Å². The molecule has 0 aliphatic rings. The van der Waals surface area contributed by atoms with Crippen LogP contribution in [0.15, 0.2) is 48.6 Å². The molecule has 0 aromatic heterocycles. The molecule has 0 spiro atoms. The van der Waals surface area contributed by atoms with Crippen molar-refractivity contribution in [3.63, 3.8) is 0 Å². The van der Waals surface area contributed by atoms with Gasteiger partial charge in [0.05, 0.1) is 18.8 Å². The number of carbonyl (C=O) groups is 1. The third-order valence-electron chi connectivity index (χ3n) is 9.25. The molecular formula is C43H79NO5. The Morgan fingerprint density at radius 3 is 1.51 bits per heavy atom. The van der Waals surface area contributed by atoms with Gasteiger partial charge in [0.25, 0.3) is 0 Å². The predicted molar refractivity (Wildman–Crippen MR) is 210 cm³/mol. The maximum Gasteiger partial charge on any atom is 0.249 e. The SMILES string of the molecule is CC/C=C/CC/C=C/CCCC(O)C(O)C(CO)NC(=O)C(O)CCCCCCCCCC/C=C\C/C=C\CCCCCCCCCCC. The van der Waals surface area contributed by atoms with Gasteiger partial charge in [-0.2, -0.15) is 0 Å². The van der Waals surface area contributed by atoms with Crippen molar-refractivity contribution in [2.45, 2.75) is 212 Å². The Kier molecular flexibility index (Phi) is 36.2. The smallest absolute Gasteiger partial charge is 0.249 e. The lowest BCUT2D eigenvalue weighted by molar-refractivity contribution is -0.132. The number of aliphatic hydroxyl groups excluding tert-OH is 4. The van der Waals surface area contributed by atoms with E-state index in [0.29, 0.717) is 19.3 Å². The Morgan fingerprint density at radius 2 is 0.980 bits per heavy atom. The molecule has 6 nitrogen and oxygen atoms in total. The molecule has 0 aliphatic carbocycles. The third-order valence-corrected chi connectivity index (χ3v) is 9.25. The Bertz CT molecular complexity index is 823. The largest absolute Gasteiger partial charge is 0.394 e. The van der Waals surface area contributed by atoms with Gasteiger partial charge in [0.1, 0.15) is 12.2 Å². The lowest BCUT2D eigenvalue weighted by Crippen LogP contribution is -2.53. The lowest BCUT2D eigenvalue weighted by atomic mass is 10.00. The van der Waals surface area contributed by atoms with Crippen LogP contribution in [0.3, 0.4) is 0 Å². The van der Waals surface area contributed by atoms with E-state index in [1.54, 1.807) is 0 Å². The van der Waals surface area contributed by atoms with Crippen molar-refractivity contribution in [2.75, 3.05) is 6.61 Å². The van der Waals surface area contributed by atoms with Crippen LogP contribution in [0.1, 0.15) is 187 Å². The van der Waals surface area contributed by atoms with E-state index in [4.69, 9.17) is 0 Å². The average Bonchev–Trinajstić information content (AvgIpc) is 3.11. The maximum absolute atomic E-state index is 12.4. The molecular weight excluding hydrogens is 610 g/mol. The molecule has 0 aromatic carbocycles. The Labute approximate surface area is 302 Å². The number of nitrogens with one attached hydrogen (secondary N) is 1. The minimum absolute atomic E-state index is 0.351. The van der Waals surface area contributed by atoms with E-state index in [2.05, 4.69) is 67.8 Å². The maximum atomic E-state index is 12.4. The summed E-state index contributed by atoms with van der Waals surface area (Å²) < 4.78 is 0. The van der Waals surface area contributed by atoms with Crippen LogP contribution in [0.5, 0.6) is 0 Å². The van der Waals surface area contributed by atoms with Gasteiger partial charge in [0, 0.05) is 0 Å². The zero-order valence-electron chi connectivity index (χ0n) is 31.9. The zero-order valence-corrected chi connectivity index (χ0v) is 31.9. The Hall–Kier alpha value is -1.73. The molecule has 5 N–H and O–H groups in total. The molecule has 0 bridgehead atoms. The Morgan fingerprint density at radius 1 is 0.531 bits per heavy atom. The average molecular weight is 690 g/mol. The van der Waals surface area contributed by atoms with Crippen molar-refractivity contribution in [1.29, 1.82) is 0 Å². The van der Waals surface area contributed by atoms with E-state index in [0.717, 1.165) is 57.8 Å². The number of rotatable bonds is 36. The number of hydrogen-bond donors (Lipinski definition) is 5.